The number of carbonyl (C=O) groups is 2. The van der Waals surface area contributed by atoms with Crippen LogP contribution >= 0.6 is 0 Å². The second-order valence-corrected chi connectivity index (χ2v) is 6.62. The Balaban J connectivity index is 1.67. The minimum atomic E-state index is -0.488. The second kappa shape index (κ2) is 10.2. The first-order valence-corrected chi connectivity index (χ1v) is 9.14. The number of piperazine rings is 1. The van der Waals surface area contributed by atoms with E-state index in [0.29, 0.717) is 13.1 Å². The molecule has 0 spiro atoms. The number of nitrogens with one attached hydrogen (secondary N) is 2. The fraction of sp³-hybridized carbons (Fsp3) is 0.579. The van der Waals surface area contributed by atoms with Crippen LogP contribution in [0.2, 0.25) is 0 Å². The van der Waals surface area contributed by atoms with E-state index < -0.39 is 6.04 Å². The zero-order valence-corrected chi connectivity index (χ0v) is 15.3. The second-order valence-electron chi connectivity index (χ2n) is 6.62. The van der Waals surface area contributed by atoms with Crippen LogP contribution in [0.4, 0.5) is 0 Å². The van der Waals surface area contributed by atoms with Crippen molar-refractivity contribution in [3.8, 4) is 0 Å². The monoisotopic (exact) mass is 346 g/mol. The Labute approximate surface area is 150 Å². The molecular formula is C19H30N4O2. The molecule has 2 amide bonds. The van der Waals surface area contributed by atoms with Crippen molar-refractivity contribution in [3.05, 3.63) is 35.9 Å². The fourth-order valence-corrected chi connectivity index (χ4v) is 2.90. The number of hydrogen-bond acceptors (Lipinski definition) is 4. The Morgan fingerprint density at radius 2 is 1.72 bits per heavy atom. The smallest absolute Gasteiger partial charge is 0.242 e. The van der Waals surface area contributed by atoms with E-state index in [4.69, 9.17) is 0 Å². The summed E-state index contributed by atoms with van der Waals surface area (Å²) in [4.78, 5) is 28.5. The molecule has 0 aliphatic carbocycles. The highest BCUT2D eigenvalue weighted by Crippen LogP contribution is 2.08. The third-order valence-corrected chi connectivity index (χ3v) is 4.40. The number of hydrogen-bond donors (Lipinski definition) is 2. The minimum Gasteiger partial charge on any atom is -0.354 e. The molecule has 1 aromatic rings. The van der Waals surface area contributed by atoms with Gasteiger partial charge in [0, 0.05) is 39.3 Å². The van der Waals surface area contributed by atoms with Crippen molar-refractivity contribution in [2.45, 2.75) is 32.9 Å². The number of benzene rings is 1. The molecule has 0 saturated carbocycles. The van der Waals surface area contributed by atoms with E-state index in [1.165, 1.54) is 5.56 Å². The zero-order valence-electron chi connectivity index (χ0n) is 15.3. The van der Waals surface area contributed by atoms with Crippen LogP contribution in [0, 0.1) is 0 Å². The van der Waals surface area contributed by atoms with Crippen LogP contribution in [-0.4, -0.2) is 66.9 Å². The quantitative estimate of drug-likeness (QED) is 0.732. The predicted molar refractivity (Wildman–Crippen MR) is 99.1 cm³/mol. The molecule has 2 rings (SSSR count). The standard InChI is InChI=1S/C19H30N4O2/c1-3-9-20-19(25)16(2)21-18(24)15-23-12-10-22(11-13-23)14-17-7-5-4-6-8-17/h4-8,16H,3,9-15H2,1-2H3,(H,20,25)(H,21,24)/t16-/m1/s1. The van der Waals surface area contributed by atoms with E-state index in [2.05, 4.69) is 44.7 Å². The Hall–Kier alpha value is -1.92. The maximum absolute atomic E-state index is 12.1. The van der Waals surface area contributed by atoms with E-state index in [0.717, 1.165) is 39.1 Å². The molecule has 0 bridgehead atoms. The van der Waals surface area contributed by atoms with Crippen LogP contribution in [0.25, 0.3) is 0 Å². The maximum atomic E-state index is 12.1. The van der Waals surface area contributed by atoms with Crippen molar-refractivity contribution in [1.29, 1.82) is 0 Å². The van der Waals surface area contributed by atoms with E-state index in [9.17, 15) is 9.59 Å². The Bertz CT molecular complexity index is 542. The summed E-state index contributed by atoms with van der Waals surface area (Å²) in [5.74, 6) is -0.210. The molecule has 0 unspecified atom stereocenters. The van der Waals surface area contributed by atoms with E-state index in [1.54, 1.807) is 6.92 Å². The fourth-order valence-electron chi connectivity index (χ4n) is 2.90. The third kappa shape index (κ3) is 6.84. The van der Waals surface area contributed by atoms with Gasteiger partial charge in [0.2, 0.25) is 11.8 Å². The van der Waals surface area contributed by atoms with Gasteiger partial charge in [0.05, 0.1) is 6.54 Å². The molecule has 1 aliphatic rings. The van der Waals surface area contributed by atoms with Gasteiger partial charge in [0.1, 0.15) is 6.04 Å². The number of nitrogens with zero attached hydrogens (tertiary/aromatic N) is 2. The molecule has 1 aromatic carbocycles. The number of carbonyl (C=O) groups excluding carboxylic acids is 2. The normalized spacial score (nSPS) is 17.0. The molecule has 0 radical (unpaired) electrons. The van der Waals surface area contributed by atoms with Crippen molar-refractivity contribution >= 4 is 11.8 Å². The summed E-state index contributed by atoms with van der Waals surface area (Å²) in [6.45, 7) is 9.32. The summed E-state index contributed by atoms with van der Waals surface area (Å²) in [6, 6.07) is 9.96. The summed E-state index contributed by atoms with van der Waals surface area (Å²) >= 11 is 0. The van der Waals surface area contributed by atoms with Crippen LogP contribution in [0.1, 0.15) is 25.8 Å². The van der Waals surface area contributed by atoms with Gasteiger partial charge in [-0.05, 0) is 18.9 Å². The van der Waals surface area contributed by atoms with Crippen molar-refractivity contribution in [2.24, 2.45) is 0 Å². The average molecular weight is 346 g/mol. The zero-order chi connectivity index (χ0) is 18.1. The number of amides is 2. The molecule has 6 nitrogen and oxygen atoms in total. The van der Waals surface area contributed by atoms with Crippen molar-refractivity contribution < 1.29 is 9.59 Å². The van der Waals surface area contributed by atoms with E-state index in [-0.39, 0.29) is 11.8 Å². The molecule has 1 saturated heterocycles. The van der Waals surface area contributed by atoms with Gasteiger partial charge in [-0.2, -0.15) is 0 Å². The lowest BCUT2D eigenvalue weighted by molar-refractivity contribution is -0.129. The number of rotatable bonds is 8. The van der Waals surface area contributed by atoms with Gasteiger partial charge in [-0.15, -0.1) is 0 Å². The van der Waals surface area contributed by atoms with Crippen molar-refractivity contribution in [2.75, 3.05) is 39.3 Å². The first kappa shape index (κ1) is 19.4. The SMILES string of the molecule is CCCNC(=O)[C@@H](C)NC(=O)CN1CCN(Cc2ccccc2)CC1. The molecular weight excluding hydrogens is 316 g/mol. The van der Waals surface area contributed by atoms with E-state index >= 15 is 0 Å². The van der Waals surface area contributed by atoms with Crippen LogP contribution in [0.5, 0.6) is 0 Å². The molecule has 138 valence electrons. The molecule has 0 aromatic heterocycles. The molecule has 6 heteroatoms. The Morgan fingerprint density at radius 1 is 1.08 bits per heavy atom. The Morgan fingerprint density at radius 3 is 2.36 bits per heavy atom. The summed E-state index contributed by atoms with van der Waals surface area (Å²) in [6.07, 6.45) is 0.889. The Kier molecular flexibility index (Phi) is 7.88. The first-order chi connectivity index (χ1) is 12.1. The summed E-state index contributed by atoms with van der Waals surface area (Å²) in [7, 11) is 0. The predicted octanol–water partition coefficient (Wildman–Crippen LogP) is 0.835. The maximum Gasteiger partial charge on any atom is 0.242 e. The molecule has 2 N–H and O–H groups in total. The van der Waals surface area contributed by atoms with Crippen LogP contribution in [-0.2, 0) is 16.1 Å². The average Bonchev–Trinajstić information content (AvgIpc) is 2.62. The summed E-state index contributed by atoms with van der Waals surface area (Å²) in [5.41, 5.74) is 1.32. The highest BCUT2D eigenvalue weighted by atomic mass is 16.2. The lowest BCUT2D eigenvalue weighted by Crippen LogP contribution is -2.52. The van der Waals surface area contributed by atoms with Crippen LogP contribution in [0.3, 0.4) is 0 Å². The summed E-state index contributed by atoms with van der Waals surface area (Å²) in [5, 5.41) is 5.58. The van der Waals surface area contributed by atoms with Crippen molar-refractivity contribution in [1.82, 2.24) is 20.4 Å². The van der Waals surface area contributed by atoms with Gasteiger partial charge in [0.25, 0.3) is 0 Å². The largest absolute Gasteiger partial charge is 0.354 e. The van der Waals surface area contributed by atoms with Gasteiger partial charge >= 0.3 is 0 Å². The lowest BCUT2D eigenvalue weighted by Gasteiger charge is -2.34. The first-order valence-electron chi connectivity index (χ1n) is 9.14. The van der Waals surface area contributed by atoms with Gasteiger partial charge in [-0.1, -0.05) is 37.3 Å². The van der Waals surface area contributed by atoms with Gasteiger partial charge in [-0.25, -0.2) is 0 Å². The molecule has 1 heterocycles. The van der Waals surface area contributed by atoms with Gasteiger partial charge < -0.3 is 10.6 Å². The highest BCUT2D eigenvalue weighted by Gasteiger charge is 2.21. The minimum absolute atomic E-state index is 0.0874. The molecule has 1 fully saturated rings. The molecule has 25 heavy (non-hydrogen) atoms. The summed E-state index contributed by atoms with van der Waals surface area (Å²) < 4.78 is 0. The van der Waals surface area contributed by atoms with Gasteiger partial charge in [-0.3, -0.25) is 19.4 Å². The van der Waals surface area contributed by atoms with Gasteiger partial charge in [0.15, 0.2) is 0 Å². The van der Waals surface area contributed by atoms with Crippen LogP contribution < -0.4 is 10.6 Å². The molecule has 1 atom stereocenters. The topological polar surface area (TPSA) is 64.7 Å². The highest BCUT2D eigenvalue weighted by molar-refractivity contribution is 5.87. The molecule has 1 aliphatic heterocycles. The lowest BCUT2D eigenvalue weighted by atomic mass is 10.2. The van der Waals surface area contributed by atoms with E-state index in [1.807, 2.05) is 13.0 Å². The van der Waals surface area contributed by atoms with Crippen LogP contribution in [0.15, 0.2) is 30.3 Å². The third-order valence-electron chi connectivity index (χ3n) is 4.40. The van der Waals surface area contributed by atoms with Crippen molar-refractivity contribution in [3.63, 3.8) is 0 Å².